The summed E-state index contributed by atoms with van der Waals surface area (Å²) in [6.07, 6.45) is 7.04. The molecule has 1 heteroatoms. The first-order valence-corrected chi connectivity index (χ1v) is 6.65. The predicted molar refractivity (Wildman–Crippen MR) is 67.4 cm³/mol. The molecule has 0 radical (unpaired) electrons. The molecule has 2 aliphatic rings. The van der Waals surface area contributed by atoms with E-state index in [0.717, 1.165) is 12.0 Å². The zero-order valence-corrected chi connectivity index (χ0v) is 10.1. The van der Waals surface area contributed by atoms with Gasteiger partial charge in [0.1, 0.15) is 0 Å². The predicted octanol–water partition coefficient (Wildman–Crippen LogP) is 3.59. The Morgan fingerprint density at radius 2 is 2.06 bits per heavy atom. The van der Waals surface area contributed by atoms with Crippen LogP contribution in [0, 0.1) is 12.8 Å². The first kappa shape index (κ1) is 10.3. The van der Waals surface area contributed by atoms with Crippen LogP contribution in [-0.2, 0) is 0 Å². The maximum Gasteiger partial charge on any atom is 0.0322 e. The number of aryl methyl sites for hydroxylation is 1. The van der Waals surface area contributed by atoms with Crippen LogP contribution in [0.1, 0.15) is 49.3 Å². The van der Waals surface area contributed by atoms with Crippen LogP contribution < -0.4 is 5.32 Å². The summed E-state index contributed by atoms with van der Waals surface area (Å²) < 4.78 is 0. The minimum atomic E-state index is 0.610. The van der Waals surface area contributed by atoms with Crippen LogP contribution in [0.5, 0.6) is 0 Å². The van der Waals surface area contributed by atoms with Gasteiger partial charge in [0.25, 0.3) is 0 Å². The highest BCUT2D eigenvalue weighted by atomic mass is 15.0. The van der Waals surface area contributed by atoms with Crippen LogP contribution in [0.2, 0.25) is 0 Å². The van der Waals surface area contributed by atoms with E-state index in [0.29, 0.717) is 6.04 Å². The highest BCUT2D eigenvalue weighted by molar-refractivity contribution is 5.25. The number of nitrogens with one attached hydrogen (secondary N) is 1. The lowest BCUT2D eigenvalue weighted by molar-refractivity contribution is 0.261. The summed E-state index contributed by atoms with van der Waals surface area (Å²) in [4.78, 5) is 0. The van der Waals surface area contributed by atoms with E-state index in [4.69, 9.17) is 0 Å². The van der Waals surface area contributed by atoms with Gasteiger partial charge in [0.15, 0.2) is 0 Å². The van der Waals surface area contributed by atoms with Gasteiger partial charge in [-0.25, -0.2) is 0 Å². The second kappa shape index (κ2) is 4.21. The smallest absolute Gasteiger partial charge is 0.0322 e. The second-order valence-corrected chi connectivity index (χ2v) is 5.51. The molecule has 86 valence electrons. The molecule has 16 heavy (non-hydrogen) atoms. The molecule has 0 spiro atoms. The Labute approximate surface area is 98.3 Å². The van der Waals surface area contributed by atoms with Crippen molar-refractivity contribution in [1.29, 1.82) is 0 Å². The standard InChI is InChI=1S/C15H21N/c1-11-4-2-6-13(10-11)15-9-8-12-5-3-7-14(12)16-15/h2,4,6,10,12,14-16H,3,5,7-9H2,1H3. The van der Waals surface area contributed by atoms with Gasteiger partial charge in [-0.3, -0.25) is 0 Å². The Morgan fingerprint density at radius 3 is 2.94 bits per heavy atom. The van der Waals surface area contributed by atoms with E-state index in [1.54, 1.807) is 0 Å². The average molecular weight is 215 g/mol. The van der Waals surface area contributed by atoms with Crippen LogP contribution in [-0.4, -0.2) is 6.04 Å². The lowest BCUT2D eigenvalue weighted by atomic mass is 9.87. The fraction of sp³-hybridized carbons (Fsp3) is 0.600. The van der Waals surface area contributed by atoms with Crippen molar-refractivity contribution < 1.29 is 0 Å². The van der Waals surface area contributed by atoms with Crippen molar-refractivity contribution in [3.63, 3.8) is 0 Å². The lowest BCUT2D eigenvalue weighted by Crippen LogP contribution is -2.40. The van der Waals surface area contributed by atoms with Crippen LogP contribution >= 0.6 is 0 Å². The number of piperidine rings is 1. The molecule has 1 N–H and O–H groups in total. The molecule has 1 heterocycles. The summed E-state index contributed by atoms with van der Waals surface area (Å²) in [7, 11) is 0. The molecule has 3 rings (SSSR count). The molecule has 0 aromatic heterocycles. The first-order chi connectivity index (χ1) is 7.83. The van der Waals surface area contributed by atoms with Crippen molar-refractivity contribution in [3.8, 4) is 0 Å². The molecular weight excluding hydrogens is 194 g/mol. The number of benzene rings is 1. The maximum absolute atomic E-state index is 3.86. The lowest BCUT2D eigenvalue weighted by Gasteiger charge is -2.34. The van der Waals surface area contributed by atoms with Crippen LogP contribution in [0.15, 0.2) is 24.3 Å². The minimum absolute atomic E-state index is 0.610. The third kappa shape index (κ3) is 1.89. The van der Waals surface area contributed by atoms with Gasteiger partial charge in [0.05, 0.1) is 0 Å². The summed E-state index contributed by atoms with van der Waals surface area (Å²) in [5.41, 5.74) is 2.87. The van der Waals surface area contributed by atoms with Gasteiger partial charge in [-0.15, -0.1) is 0 Å². The Kier molecular flexibility index (Phi) is 2.72. The van der Waals surface area contributed by atoms with Crippen LogP contribution in [0.4, 0.5) is 0 Å². The van der Waals surface area contributed by atoms with Crippen molar-refractivity contribution in [3.05, 3.63) is 35.4 Å². The highest BCUT2D eigenvalue weighted by Gasteiger charge is 2.33. The van der Waals surface area contributed by atoms with Gasteiger partial charge in [-0.1, -0.05) is 36.2 Å². The topological polar surface area (TPSA) is 12.0 Å². The number of rotatable bonds is 1. The van der Waals surface area contributed by atoms with E-state index in [-0.39, 0.29) is 0 Å². The van der Waals surface area contributed by atoms with Crippen molar-refractivity contribution in [2.75, 3.05) is 0 Å². The molecule has 1 aromatic rings. The van der Waals surface area contributed by atoms with E-state index in [1.165, 1.54) is 43.2 Å². The molecular formula is C15H21N. The van der Waals surface area contributed by atoms with Gasteiger partial charge >= 0.3 is 0 Å². The first-order valence-electron chi connectivity index (χ1n) is 6.65. The summed E-state index contributed by atoms with van der Waals surface area (Å²) >= 11 is 0. The molecule has 1 nitrogen and oxygen atoms in total. The Morgan fingerprint density at radius 1 is 1.12 bits per heavy atom. The van der Waals surface area contributed by atoms with Crippen molar-refractivity contribution >= 4 is 0 Å². The zero-order valence-electron chi connectivity index (χ0n) is 10.1. The zero-order chi connectivity index (χ0) is 11.0. The molecule has 0 amide bonds. The molecule has 1 saturated carbocycles. The van der Waals surface area contributed by atoms with Crippen molar-refractivity contribution in [2.24, 2.45) is 5.92 Å². The summed E-state index contributed by atoms with van der Waals surface area (Å²) in [5, 5.41) is 3.86. The van der Waals surface area contributed by atoms with Gasteiger partial charge < -0.3 is 5.32 Å². The third-order valence-corrected chi connectivity index (χ3v) is 4.34. The van der Waals surface area contributed by atoms with E-state index >= 15 is 0 Å². The van der Waals surface area contributed by atoms with Gasteiger partial charge in [-0.05, 0) is 44.1 Å². The van der Waals surface area contributed by atoms with Crippen LogP contribution in [0.3, 0.4) is 0 Å². The van der Waals surface area contributed by atoms with Gasteiger partial charge in [0.2, 0.25) is 0 Å². The normalized spacial score (nSPS) is 33.7. The second-order valence-electron chi connectivity index (χ2n) is 5.51. The Balaban J connectivity index is 1.76. The highest BCUT2D eigenvalue weighted by Crippen LogP contribution is 2.37. The van der Waals surface area contributed by atoms with E-state index in [2.05, 4.69) is 36.5 Å². The Bertz CT molecular complexity index is 371. The molecule has 2 fully saturated rings. The summed E-state index contributed by atoms with van der Waals surface area (Å²) in [5.74, 6) is 0.973. The molecule has 1 aliphatic carbocycles. The largest absolute Gasteiger partial charge is 0.307 e. The minimum Gasteiger partial charge on any atom is -0.307 e. The molecule has 1 aliphatic heterocycles. The van der Waals surface area contributed by atoms with E-state index in [9.17, 15) is 0 Å². The van der Waals surface area contributed by atoms with E-state index < -0.39 is 0 Å². The van der Waals surface area contributed by atoms with Gasteiger partial charge in [0, 0.05) is 12.1 Å². The van der Waals surface area contributed by atoms with Crippen molar-refractivity contribution in [1.82, 2.24) is 5.32 Å². The number of hydrogen-bond acceptors (Lipinski definition) is 1. The maximum atomic E-state index is 3.86. The molecule has 3 unspecified atom stereocenters. The summed E-state index contributed by atoms with van der Waals surface area (Å²) in [6, 6.07) is 10.4. The molecule has 1 aromatic carbocycles. The average Bonchev–Trinajstić information content (AvgIpc) is 2.75. The SMILES string of the molecule is Cc1cccc(C2CCC3CCCC3N2)c1. The third-order valence-electron chi connectivity index (χ3n) is 4.34. The Hall–Kier alpha value is -0.820. The number of fused-ring (bicyclic) bond motifs is 1. The molecule has 0 bridgehead atoms. The fourth-order valence-corrected chi connectivity index (χ4v) is 3.47. The molecule has 3 atom stereocenters. The number of hydrogen-bond donors (Lipinski definition) is 1. The summed E-state index contributed by atoms with van der Waals surface area (Å²) in [6.45, 7) is 2.19. The fourth-order valence-electron chi connectivity index (χ4n) is 3.47. The van der Waals surface area contributed by atoms with E-state index in [1.807, 2.05) is 0 Å². The van der Waals surface area contributed by atoms with Crippen LogP contribution in [0.25, 0.3) is 0 Å². The monoisotopic (exact) mass is 215 g/mol. The molecule has 1 saturated heterocycles. The van der Waals surface area contributed by atoms with Gasteiger partial charge in [-0.2, -0.15) is 0 Å². The van der Waals surface area contributed by atoms with Crippen molar-refractivity contribution in [2.45, 2.75) is 51.1 Å². The quantitative estimate of drug-likeness (QED) is 0.755.